The van der Waals surface area contributed by atoms with Crippen molar-refractivity contribution in [1.82, 2.24) is 14.4 Å². The molecule has 1 saturated heterocycles. The number of nitrogens with zero attached hydrogens (tertiary/aromatic N) is 2. The average Bonchev–Trinajstić information content (AvgIpc) is 3.08. The third kappa shape index (κ3) is 7.12. The van der Waals surface area contributed by atoms with Crippen LogP contribution in [0.5, 0.6) is 5.75 Å². The Hall–Kier alpha value is -2.96. The summed E-state index contributed by atoms with van der Waals surface area (Å²) in [5, 5.41) is 10.6. The molecule has 0 bridgehead atoms. The second-order valence-corrected chi connectivity index (χ2v) is 10.5. The van der Waals surface area contributed by atoms with Gasteiger partial charge in [0, 0.05) is 16.8 Å². The monoisotopic (exact) mass is 556 g/mol. The molecule has 2 N–H and O–H groups in total. The minimum Gasteiger partial charge on any atom is -0.464 e. The van der Waals surface area contributed by atoms with E-state index >= 15 is 4.39 Å². The number of carbonyl (C=O) groups is 1. The molecule has 0 aliphatic carbocycles. The average molecular weight is 557 g/mol. The lowest BCUT2D eigenvalue weighted by Gasteiger charge is -2.24. The van der Waals surface area contributed by atoms with Crippen LogP contribution in [0.15, 0.2) is 52.2 Å². The fourth-order valence-corrected chi connectivity index (χ4v) is 4.55. The molecule has 208 valence electrons. The Balaban J connectivity index is 1.76. The number of H-pyrrole nitrogens is 1. The van der Waals surface area contributed by atoms with Crippen molar-refractivity contribution in [1.29, 1.82) is 0 Å². The first-order chi connectivity index (χ1) is 17.9. The zero-order valence-electron chi connectivity index (χ0n) is 21.5. The Morgan fingerprint density at radius 3 is 2.58 bits per heavy atom. The number of rotatable bonds is 12. The molecule has 0 saturated carbocycles. The summed E-state index contributed by atoms with van der Waals surface area (Å²) in [6.07, 6.45) is -3.06. The number of hydroxylamine groups is 1. The summed E-state index contributed by atoms with van der Waals surface area (Å²) in [7, 11) is -2.81. The summed E-state index contributed by atoms with van der Waals surface area (Å²) in [5.74, 6) is -0.192. The lowest BCUT2D eigenvalue weighted by Crippen LogP contribution is -2.44. The maximum Gasteiger partial charge on any atom is 0.693 e. The van der Waals surface area contributed by atoms with Gasteiger partial charge in [0.05, 0.1) is 11.4 Å². The number of aromatic amines is 1. The first kappa shape index (κ1) is 29.6. The predicted molar refractivity (Wildman–Crippen MR) is 133 cm³/mol. The van der Waals surface area contributed by atoms with Crippen molar-refractivity contribution in [2.45, 2.75) is 64.3 Å². The Bertz CT molecular complexity index is 1220. The first-order valence-electron chi connectivity index (χ1n) is 12.0. The molecular formula is C24H32FN3O9P+. The van der Waals surface area contributed by atoms with E-state index in [-0.39, 0.29) is 12.4 Å². The van der Waals surface area contributed by atoms with Gasteiger partial charge < -0.3 is 14.6 Å². The summed E-state index contributed by atoms with van der Waals surface area (Å²) in [6, 6.07) is 7.98. The molecule has 6 atom stereocenters. The van der Waals surface area contributed by atoms with Crippen LogP contribution in [0.3, 0.4) is 0 Å². The van der Waals surface area contributed by atoms with E-state index in [2.05, 4.69) is 0 Å². The van der Waals surface area contributed by atoms with Gasteiger partial charge in [-0.1, -0.05) is 32.0 Å². The Morgan fingerprint density at radius 1 is 1.26 bits per heavy atom. The first-order valence-corrected chi connectivity index (χ1v) is 13.2. The summed E-state index contributed by atoms with van der Waals surface area (Å²) in [6.45, 7) is 5.95. The van der Waals surface area contributed by atoms with Crippen molar-refractivity contribution < 1.29 is 37.7 Å². The molecule has 38 heavy (non-hydrogen) atoms. The van der Waals surface area contributed by atoms with Gasteiger partial charge in [0.1, 0.15) is 18.8 Å². The van der Waals surface area contributed by atoms with E-state index in [1.54, 1.807) is 30.3 Å². The number of alkyl halides is 1. The van der Waals surface area contributed by atoms with Crippen LogP contribution in [-0.2, 0) is 23.7 Å². The number of hydrogen-bond donors (Lipinski definition) is 2. The molecule has 14 heteroatoms. The number of para-hydroxylation sites is 1. The maximum atomic E-state index is 15.5. The summed E-state index contributed by atoms with van der Waals surface area (Å²) >= 11 is 0. The minimum atomic E-state index is -2.81. The standard InChI is InChI=1S/C24H31FN3O9P/c1-15(2)11-13-34-21(31)16(3)28(38(33)37-17-8-6-5-7-9-17)35-14-18-20(30)24(4,25)22(36-18)27-12-10-19(29)26-23(27)32/h5-10,12,15-16,18,20,22,30H,11,13-14H2,1-4H3/p+1/t16?,18-,20-,22-,24-/m1/s1. The topological polar surface area (TPSA) is 149 Å². The lowest BCUT2D eigenvalue weighted by atomic mass is 9.98. The molecule has 1 aliphatic heterocycles. The molecule has 0 amide bonds. The van der Waals surface area contributed by atoms with Crippen LogP contribution in [0.25, 0.3) is 0 Å². The van der Waals surface area contributed by atoms with Crippen molar-refractivity contribution in [3.63, 3.8) is 0 Å². The van der Waals surface area contributed by atoms with Crippen molar-refractivity contribution in [3.05, 3.63) is 63.4 Å². The van der Waals surface area contributed by atoms with Gasteiger partial charge in [-0.15, -0.1) is 0 Å². The number of esters is 1. The number of carbonyl (C=O) groups excluding carboxylic acids is 1. The highest BCUT2D eigenvalue weighted by atomic mass is 31.1. The van der Waals surface area contributed by atoms with Gasteiger partial charge >= 0.3 is 19.8 Å². The summed E-state index contributed by atoms with van der Waals surface area (Å²) < 4.78 is 45.7. The molecular weight excluding hydrogens is 524 g/mol. The van der Waals surface area contributed by atoms with Crippen LogP contribution >= 0.6 is 8.18 Å². The molecule has 2 aromatic rings. The quantitative estimate of drug-likeness (QED) is 0.227. The molecule has 3 rings (SSSR count). The second kappa shape index (κ2) is 12.7. The molecule has 1 aliphatic rings. The number of halogens is 1. The van der Waals surface area contributed by atoms with Gasteiger partial charge in [0.15, 0.2) is 23.7 Å². The molecule has 1 aromatic carbocycles. The van der Waals surface area contributed by atoms with Crippen LogP contribution in [0.4, 0.5) is 4.39 Å². The Morgan fingerprint density at radius 2 is 1.95 bits per heavy atom. The molecule has 2 heterocycles. The molecule has 12 nitrogen and oxygen atoms in total. The van der Waals surface area contributed by atoms with Crippen molar-refractivity contribution in [2.75, 3.05) is 13.2 Å². The molecule has 1 aromatic heterocycles. The van der Waals surface area contributed by atoms with Crippen LogP contribution < -0.4 is 15.8 Å². The summed E-state index contributed by atoms with van der Waals surface area (Å²) in [4.78, 5) is 44.6. The number of aliphatic hydroxyl groups excluding tert-OH is 1. The normalized spacial score (nSPS) is 24.4. The SMILES string of the molecule is CC(C)CCOC(=O)C(C)N(OC[C@H]1O[C@@H](n2ccc(=O)[nH]c2=O)[C@](C)(F)[C@@H]1O)[P+](=O)Oc1ccccc1. The molecule has 0 spiro atoms. The highest BCUT2D eigenvalue weighted by molar-refractivity contribution is 7.36. The largest absolute Gasteiger partial charge is 0.693 e. The van der Waals surface area contributed by atoms with Gasteiger partial charge in [-0.05, 0) is 38.3 Å². The Labute approximate surface area is 219 Å². The van der Waals surface area contributed by atoms with Crippen molar-refractivity contribution in [3.8, 4) is 5.75 Å². The number of nitrogens with one attached hydrogen (secondary N) is 1. The van der Waals surface area contributed by atoms with Gasteiger partial charge in [0.25, 0.3) is 5.56 Å². The van der Waals surface area contributed by atoms with Crippen LogP contribution in [-0.4, -0.2) is 62.6 Å². The van der Waals surface area contributed by atoms with Crippen LogP contribution in [0.2, 0.25) is 0 Å². The van der Waals surface area contributed by atoms with Gasteiger partial charge in [-0.2, -0.15) is 0 Å². The fourth-order valence-electron chi connectivity index (χ4n) is 3.63. The van der Waals surface area contributed by atoms with Crippen LogP contribution in [0.1, 0.15) is 40.3 Å². The third-order valence-corrected chi connectivity index (χ3v) is 7.04. The van der Waals surface area contributed by atoms with Gasteiger partial charge in [-0.3, -0.25) is 24.0 Å². The van der Waals surface area contributed by atoms with Gasteiger partial charge in [-0.25, -0.2) is 13.7 Å². The Kier molecular flexibility index (Phi) is 9.91. The summed E-state index contributed by atoms with van der Waals surface area (Å²) in [5.41, 5.74) is -4.08. The van der Waals surface area contributed by atoms with E-state index in [1.807, 2.05) is 18.8 Å². The lowest BCUT2D eigenvalue weighted by molar-refractivity contribution is -0.181. The minimum absolute atomic E-state index is 0.144. The predicted octanol–water partition coefficient (Wildman–Crippen LogP) is 2.47. The zero-order chi connectivity index (χ0) is 28.0. The van der Waals surface area contributed by atoms with E-state index in [0.717, 1.165) is 28.6 Å². The van der Waals surface area contributed by atoms with E-state index < -0.39 is 62.2 Å². The molecule has 1 fully saturated rings. The maximum absolute atomic E-state index is 15.5. The number of ether oxygens (including phenoxy) is 2. The number of aromatic nitrogens is 2. The van der Waals surface area contributed by atoms with Gasteiger partial charge in [0.2, 0.25) is 0 Å². The van der Waals surface area contributed by atoms with E-state index in [1.165, 1.54) is 6.92 Å². The third-order valence-electron chi connectivity index (χ3n) is 5.89. The molecule has 0 radical (unpaired) electrons. The number of aliphatic hydroxyl groups is 1. The van der Waals surface area contributed by atoms with E-state index in [0.29, 0.717) is 12.3 Å². The van der Waals surface area contributed by atoms with Crippen molar-refractivity contribution in [2.24, 2.45) is 5.92 Å². The van der Waals surface area contributed by atoms with E-state index in [9.17, 15) is 24.1 Å². The highest BCUT2D eigenvalue weighted by Gasteiger charge is 2.56. The van der Waals surface area contributed by atoms with Crippen LogP contribution in [0, 0.1) is 5.92 Å². The number of benzene rings is 1. The second-order valence-electron chi connectivity index (χ2n) is 9.41. The van der Waals surface area contributed by atoms with E-state index in [4.69, 9.17) is 18.8 Å². The zero-order valence-corrected chi connectivity index (χ0v) is 22.4. The highest BCUT2D eigenvalue weighted by Crippen LogP contribution is 2.41. The number of hydrogen-bond acceptors (Lipinski definition) is 9. The fraction of sp³-hybridized carbons (Fsp3) is 0.542. The molecule has 2 unspecified atom stereocenters. The van der Waals surface area contributed by atoms with Crippen molar-refractivity contribution >= 4 is 14.1 Å². The smallest absolute Gasteiger partial charge is 0.464 e.